The summed E-state index contributed by atoms with van der Waals surface area (Å²) < 4.78 is 2.28. The Kier molecular flexibility index (Phi) is 5.95. The first-order chi connectivity index (χ1) is 20.1. The Bertz CT molecular complexity index is 2030. The minimum Gasteiger partial charge on any atom is -0.309 e. The molecule has 0 spiro atoms. The van der Waals surface area contributed by atoms with Crippen LogP contribution in [0, 0.1) is 25.2 Å². The maximum absolute atomic E-state index is 10.1. The fraction of sp³-hybridized carbons (Fsp3) is 0.0526. The molecule has 3 nitrogen and oxygen atoms in total. The van der Waals surface area contributed by atoms with Crippen LogP contribution >= 0.6 is 0 Å². The van der Waals surface area contributed by atoms with E-state index in [0.717, 1.165) is 27.8 Å². The minimum absolute atomic E-state index is 0.636. The maximum atomic E-state index is 10.1. The molecule has 2 aromatic heterocycles. The molecule has 194 valence electrons. The highest BCUT2D eigenvalue weighted by Crippen LogP contribution is 2.38. The lowest BCUT2D eigenvalue weighted by atomic mass is 9.99. The van der Waals surface area contributed by atoms with Gasteiger partial charge in [-0.05, 0) is 95.8 Å². The van der Waals surface area contributed by atoms with E-state index in [0.29, 0.717) is 5.56 Å². The van der Waals surface area contributed by atoms with E-state index in [9.17, 15) is 5.26 Å². The molecule has 0 aliphatic rings. The number of hydrogen-bond donors (Lipinski definition) is 0. The Morgan fingerprint density at radius 1 is 0.561 bits per heavy atom. The van der Waals surface area contributed by atoms with Crippen LogP contribution in [0.2, 0.25) is 0 Å². The van der Waals surface area contributed by atoms with Crippen molar-refractivity contribution in [2.75, 3.05) is 0 Å². The topological polar surface area (TPSA) is 41.6 Å². The largest absolute Gasteiger partial charge is 0.309 e. The Labute approximate surface area is 239 Å². The summed E-state index contributed by atoms with van der Waals surface area (Å²) >= 11 is 0. The second-order valence-electron chi connectivity index (χ2n) is 10.6. The van der Waals surface area contributed by atoms with E-state index in [1.807, 2.05) is 24.3 Å². The first kappa shape index (κ1) is 24.6. The highest BCUT2D eigenvalue weighted by molar-refractivity contribution is 6.11. The number of hydrogen-bond acceptors (Lipinski definition) is 2. The van der Waals surface area contributed by atoms with E-state index in [-0.39, 0.29) is 0 Å². The molecule has 0 radical (unpaired) electrons. The monoisotopic (exact) mass is 525 g/mol. The van der Waals surface area contributed by atoms with Crippen LogP contribution < -0.4 is 0 Å². The van der Waals surface area contributed by atoms with Crippen LogP contribution in [0.5, 0.6) is 0 Å². The van der Waals surface area contributed by atoms with E-state index in [4.69, 9.17) is 0 Å². The van der Waals surface area contributed by atoms with Crippen molar-refractivity contribution in [3.05, 3.63) is 144 Å². The molecule has 0 aliphatic heterocycles. The summed E-state index contributed by atoms with van der Waals surface area (Å²) in [6, 6.07) is 43.2. The second kappa shape index (κ2) is 9.93. The van der Waals surface area contributed by atoms with Crippen LogP contribution in [0.15, 0.2) is 128 Å². The summed E-state index contributed by atoms with van der Waals surface area (Å²) in [6.07, 6.45) is 3.52. The van der Waals surface area contributed by atoms with E-state index in [1.54, 1.807) is 12.4 Å². The number of aromatic nitrogens is 2. The molecule has 7 rings (SSSR count). The molecule has 0 saturated heterocycles. The molecule has 0 fully saturated rings. The van der Waals surface area contributed by atoms with Crippen molar-refractivity contribution in [3.63, 3.8) is 0 Å². The Hall–Kier alpha value is -5.46. The normalized spacial score (nSPS) is 11.1. The molecule has 41 heavy (non-hydrogen) atoms. The van der Waals surface area contributed by atoms with Gasteiger partial charge in [0.25, 0.3) is 0 Å². The van der Waals surface area contributed by atoms with E-state index >= 15 is 0 Å². The van der Waals surface area contributed by atoms with Gasteiger partial charge in [0.05, 0.1) is 22.7 Å². The lowest BCUT2D eigenvalue weighted by Gasteiger charge is -2.12. The number of rotatable bonds is 4. The zero-order valence-corrected chi connectivity index (χ0v) is 23.0. The van der Waals surface area contributed by atoms with Gasteiger partial charge in [-0.2, -0.15) is 5.26 Å². The Morgan fingerprint density at radius 2 is 1.12 bits per heavy atom. The Balaban J connectivity index is 1.49. The average molecular weight is 526 g/mol. The third kappa shape index (κ3) is 4.36. The minimum atomic E-state index is 0.636. The third-order valence-corrected chi connectivity index (χ3v) is 7.84. The third-order valence-electron chi connectivity index (χ3n) is 7.84. The average Bonchev–Trinajstić information content (AvgIpc) is 3.34. The number of pyridine rings is 1. The van der Waals surface area contributed by atoms with Crippen molar-refractivity contribution in [3.8, 4) is 45.1 Å². The van der Waals surface area contributed by atoms with E-state index < -0.39 is 0 Å². The SMILES string of the molecule is Cc1cccc(-c2ccc3c(c2)c2cc(-c4cccc(C)c4)ccc2n3-c2ccc(-c3ccncc3)c(C#N)c2)c1. The molecule has 0 amide bonds. The van der Waals surface area contributed by atoms with Crippen molar-refractivity contribution >= 4 is 21.8 Å². The van der Waals surface area contributed by atoms with Crippen molar-refractivity contribution in [2.45, 2.75) is 13.8 Å². The molecule has 7 aromatic rings. The van der Waals surface area contributed by atoms with Gasteiger partial charge in [0.1, 0.15) is 0 Å². The maximum Gasteiger partial charge on any atom is 0.0998 e. The van der Waals surface area contributed by atoms with Crippen LogP contribution in [0.25, 0.3) is 60.9 Å². The standard InChI is InChI=1S/C38H27N3/c1-25-5-3-7-28(19-25)30-9-13-37-35(22-30)36-23-31(29-8-4-6-26(2)20-29)10-14-38(36)41(37)33-11-12-34(32(21-33)24-39)27-15-17-40-18-16-27/h3-23H,1-2H3. The Morgan fingerprint density at radius 3 is 1.66 bits per heavy atom. The molecule has 0 bridgehead atoms. The van der Waals surface area contributed by atoms with Gasteiger partial charge in [-0.1, -0.05) is 77.9 Å². The number of benzene rings is 5. The zero-order chi connectivity index (χ0) is 27.9. The summed E-state index contributed by atoms with van der Waals surface area (Å²) in [4.78, 5) is 4.13. The predicted octanol–water partition coefficient (Wildman–Crippen LogP) is 9.67. The van der Waals surface area contributed by atoms with Gasteiger partial charge in [-0.25, -0.2) is 0 Å². The quantitative estimate of drug-likeness (QED) is 0.229. The second-order valence-corrected chi connectivity index (χ2v) is 10.6. The first-order valence-corrected chi connectivity index (χ1v) is 13.8. The van der Waals surface area contributed by atoms with Gasteiger partial charge in [0, 0.05) is 28.9 Å². The number of fused-ring (bicyclic) bond motifs is 3. The predicted molar refractivity (Wildman–Crippen MR) is 169 cm³/mol. The fourth-order valence-electron chi connectivity index (χ4n) is 5.86. The van der Waals surface area contributed by atoms with Crippen molar-refractivity contribution in [2.24, 2.45) is 0 Å². The molecule has 0 atom stereocenters. The molecule has 3 heteroatoms. The van der Waals surface area contributed by atoms with Crippen LogP contribution in [0.1, 0.15) is 16.7 Å². The van der Waals surface area contributed by atoms with Gasteiger partial charge in [0.15, 0.2) is 0 Å². The molecule has 0 N–H and O–H groups in total. The molecule has 0 saturated carbocycles. The number of nitrogens with zero attached hydrogens (tertiary/aromatic N) is 3. The highest BCUT2D eigenvalue weighted by atomic mass is 15.0. The molecule has 0 aliphatic carbocycles. The van der Waals surface area contributed by atoms with Crippen molar-refractivity contribution < 1.29 is 0 Å². The van der Waals surface area contributed by atoms with E-state index in [2.05, 4.69) is 120 Å². The van der Waals surface area contributed by atoms with Crippen molar-refractivity contribution in [1.82, 2.24) is 9.55 Å². The smallest absolute Gasteiger partial charge is 0.0998 e. The van der Waals surface area contributed by atoms with Crippen molar-refractivity contribution in [1.29, 1.82) is 5.26 Å². The molecular formula is C38H27N3. The summed E-state index contributed by atoms with van der Waals surface area (Å²) in [5.74, 6) is 0. The fourth-order valence-corrected chi connectivity index (χ4v) is 5.86. The van der Waals surface area contributed by atoms with E-state index in [1.165, 1.54) is 44.2 Å². The summed E-state index contributed by atoms with van der Waals surface area (Å²) in [5, 5.41) is 12.5. The van der Waals surface area contributed by atoms with Gasteiger partial charge in [-0.3, -0.25) is 4.98 Å². The summed E-state index contributed by atoms with van der Waals surface area (Å²) in [5.41, 5.74) is 13.0. The van der Waals surface area contributed by atoms with Crippen LogP contribution in [0.3, 0.4) is 0 Å². The molecule has 2 heterocycles. The van der Waals surface area contributed by atoms with Gasteiger partial charge in [-0.15, -0.1) is 0 Å². The van der Waals surface area contributed by atoms with Crippen LogP contribution in [0.4, 0.5) is 0 Å². The lowest BCUT2D eigenvalue weighted by molar-refractivity contribution is 1.18. The van der Waals surface area contributed by atoms with Gasteiger partial charge in [0.2, 0.25) is 0 Å². The number of nitriles is 1. The first-order valence-electron chi connectivity index (χ1n) is 13.8. The molecule has 5 aromatic carbocycles. The summed E-state index contributed by atoms with van der Waals surface area (Å²) in [6.45, 7) is 4.26. The zero-order valence-electron chi connectivity index (χ0n) is 23.0. The van der Waals surface area contributed by atoms with Crippen LogP contribution in [-0.4, -0.2) is 9.55 Å². The highest BCUT2D eigenvalue weighted by Gasteiger charge is 2.16. The van der Waals surface area contributed by atoms with Crippen LogP contribution in [-0.2, 0) is 0 Å². The number of aryl methyl sites for hydroxylation is 2. The molecule has 0 unspecified atom stereocenters. The van der Waals surface area contributed by atoms with Gasteiger partial charge < -0.3 is 4.57 Å². The van der Waals surface area contributed by atoms with Gasteiger partial charge >= 0.3 is 0 Å². The lowest BCUT2D eigenvalue weighted by Crippen LogP contribution is -1.96. The molecular weight excluding hydrogens is 498 g/mol. The summed E-state index contributed by atoms with van der Waals surface area (Å²) in [7, 11) is 0.